The van der Waals surface area contributed by atoms with Crippen molar-refractivity contribution in [3.8, 4) is 17.1 Å². The van der Waals surface area contributed by atoms with E-state index in [9.17, 15) is 9.59 Å². The molecule has 2 aromatic heterocycles. The van der Waals surface area contributed by atoms with E-state index in [-0.39, 0.29) is 23.4 Å². The molecule has 0 aliphatic carbocycles. The molecule has 1 amide bonds. The van der Waals surface area contributed by atoms with Gasteiger partial charge in [0.2, 0.25) is 11.8 Å². The summed E-state index contributed by atoms with van der Waals surface area (Å²) in [6.45, 7) is 6.79. The number of pyridine rings is 1. The van der Waals surface area contributed by atoms with Gasteiger partial charge in [-0.1, -0.05) is 6.58 Å². The Kier molecular flexibility index (Phi) is 5.01. The maximum Gasteiger partial charge on any atom is 0.271 e. The second kappa shape index (κ2) is 7.38. The van der Waals surface area contributed by atoms with Crippen LogP contribution in [0.3, 0.4) is 0 Å². The second-order valence-electron chi connectivity index (χ2n) is 6.22. The topological polar surface area (TPSA) is 100 Å². The van der Waals surface area contributed by atoms with Crippen LogP contribution in [-0.2, 0) is 4.79 Å². The van der Waals surface area contributed by atoms with E-state index in [1.54, 1.807) is 23.4 Å². The summed E-state index contributed by atoms with van der Waals surface area (Å²) in [5.41, 5.74) is 1.56. The highest BCUT2D eigenvalue weighted by molar-refractivity contribution is 5.87. The first-order chi connectivity index (χ1) is 12.5. The summed E-state index contributed by atoms with van der Waals surface area (Å²) >= 11 is 0. The molecular formula is C18H21N5O3. The van der Waals surface area contributed by atoms with Crippen LogP contribution in [0.5, 0.6) is 5.88 Å². The van der Waals surface area contributed by atoms with Crippen LogP contribution in [0.25, 0.3) is 11.3 Å². The SMILES string of the molecule is C=CC(=O)N1CC(C(C)Nc2cc(-c3cncc(OC)n3)c[nH]c2=O)C1. The Bertz CT molecular complexity index is 873. The lowest BCUT2D eigenvalue weighted by atomic mass is 9.92. The van der Waals surface area contributed by atoms with Gasteiger partial charge in [-0.25, -0.2) is 4.98 Å². The van der Waals surface area contributed by atoms with Crippen LogP contribution in [0, 0.1) is 5.92 Å². The fraction of sp³-hybridized carbons (Fsp3) is 0.333. The molecule has 1 atom stereocenters. The van der Waals surface area contributed by atoms with Crippen LogP contribution in [-0.4, -0.2) is 52.0 Å². The predicted octanol–water partition coefficient (Wildman–Crippen LogP) is 1.29. The molecule has 8 nitrogen and oxygen atoms in total. The molecule has 26 heavy (non-hydrogen) atoms. The zero-order chi connectivity index (χ0) is 18.7. The number of nitrogens with one attached hydrogen (secondary N) is 2. The van der Waals surface area contributed by atoms with Crippen LogP contribution in [0.4, 0.5) is 5.69 Å². The van der Waals surface area contributed by atoms with Gasteiger partial charge in [0, 0.05) is 36.8 Å². The summed E-state index contributed by atoms with van der Waals surface area (Å²) < 4.78 is 5.09. The highest BCUT2D eigenvalue weighted by Crippen LogP contribution is 2.23. The Morgan fingerprint density at radius 2 is 2.27 bits per heavy atom. The zero-order valence-electron chi connectivity index (χ0n) is 14.7. The quantitative estimate of drug-likeness (QED) is 0.757. The van der Waals surface area contributed by atoms with Gasteiger partial charge in [-0.2, -0.15) is 0 Å². The van der Waals surface area contributed by atoms with Gasteiger partial charge in [-0.3, -0.25) is 14.6 Å². The number of carbonyl (C=O) groups excluding carboxylic acids is 1. The van der Waals surface area contributed by atoms with Gasteiger partial charge in [0.1, 0.15) is 5.69 Å². The molecule has 1 aliphatic heterocycles. The maximum absolute atomic E-state index is 12.2. The minimum Gasteiger partial charge on any atom is -0.480 e. The molecule has 2 aromatic rings. The summed E-state index contributed by atoms with van der Waals surface area (Å²) in [5.74, 6) is 0.612. The van der Waals surface area contributed by atoms with Crippen LogP contribution in [0.1, 0.15) is 6.92 Å². The Balaban J connectivity index is 1.73. The van der Waals surface area contributed by atoms with E-state index in [1.165, 1.54) is 19.4 Å². The first-order valence-corrected chi connectivity index (χ1v) is 8.29. The van der Waals surface area contributed by atoms with Crippen molar-refractivity contribution < 1.29 is 9.53 Å². The van der Waals surface area contributed by atoms with Gasteiger partial charge < -0.3 is 19.9 Å². The van der Waals surface area contributed by atoms with Crippen molar-refractivity contribution in [1.29, 1.82) is 0 Å². The Labute approximate surface area is 150 Å². The molecule has 8 heteroatoms. The summed E-state index contributed by atoms with van der Waals surface area (Å²) in [6, 6.07) is 1.78. The number of rotatable bonds is 6. The number of aromatic amines is 1. The molecule has 3 heterocycles. The first-order valence-electron chi connectivity index (χ1n) is 8.29. The van der Waals surface area contributed by atoms with E-state index in [2.05, 4.69) is 26.8 Å². The number of likely N-dealkylation sites (tertiary alicyclic amines) is 1. The highest BCUT2D eigenvalue weighted by Gasteiger charge is 2.33. The standard InChI is InChI=1S/C18H21N5O3/c1-4-17(24)23-9-13(10-23)11(2)21-14-5-12(6-20-18(14)25)15-7-19-8-16(22-15)26-3/h4-8,11,13,21H,1,9-10H2,2-3H3,(H,20,25). The second-order valence-corrected chi connectivity index (χ2v) is 6.22. The highest BCUT2D eigenvalue weighted by atomic mass is 16.5. The average Bonchev–Trinajstić information content (AvgIpc) is 2.62. The molecule has 3 rings (SSSR count). The van der Waals surface area contributed by atoms with Gasteiger partial charge >= 0.3 is 0 Å². The number of methoxy groups -OCH3 is 1. The summed E-state index contributed by atoms with van der Waals surface area (Å²) in [4.78, 5) is 36.5. The number of amides is 1. The van der Waals surface area contributed by atoms with Crippen molar-refractivity contribution in [2.75, 3.05) is 25.5 Å². The van der Waals surface area contributed by atoms with Crippen molar-refractivity contribution in [1.82, 2.24) is 19.9 Å². The maximum atomic E-state index is 12.2. The average molecular weight is 355 g/mol. The lowest BCUT2D eigenvalue weighted by Gasteiger charge is -2.42. The number of H-pyrrole nitrogens is 1. The fourth-order valence-electron chi connectivity index (χ4n) is 2.83. The minimum atomic E-state index is -0.213. The van der Waals surface area contributed by atoms with E-state index in [4.69, 9.17) is 4.74 Å². The molecule has 0 aromatic carbocycles. The van der Waals surface area contributed by atoms with Gasteiger partial charge in [-0.15, -0.1) is 0 Å². The summed E-state index contributed by atoms with van der Waals surface area (Å²) in [5, 5.41) is 3.24. The van der Waals surface area contributed by atoms with Gasteiger partial charge in [0.05, 0.1) is 25.2 Å². The monoisotopic (exact) mass is 355 g/mol. The normalized spacial score (nSPS) is 15.1. The third-order valence-electron chi connectivity index (χ3n) is 4.51. The summed E-state index contributed by atoms with van der Waals surface area (Å²) in [7, 11) is 1.52. The molecular weight excluding hydrogens is 334 g/mol. The first kappa shape index (κ1) is 17.7. The lowest BCUT2D eigenvalue weighted by Crippen LogP contribution is -2.55. The van der Waals surface area contributed by atoms with Crippen LogP contribution in [0.2, 0.25) is 0 Å². The molecule has 0 bridgehead atoms. The van der Waals surface area contributed by atoms with Crippen molar-refractivity contribution in [2.24, 2.45) is 5.92 Å². The van der Waals surface area contributed by atoms with Crippen molar-refractivity contribution >= 4 is 11.6 Å². The van der Waals surface area contributed by atoms with Crippen molar-refractivity contribution in [3.05, 3.63) is 47.7 Å². The third kappa shape index (κ3) is 3.58. The number of hydrogen-bond donors (Lipinski definition) is 2. The van der Waals surface area contributed by atoms with Crippen molar-refractivity contribution in [2.45, 2.75) is 13.0 Å². The number of hydrogen-bond acceptors (Lipinski definition) is 6. The van der Waals surface area contributed by atoms with Gasteiger partial charge in [-0.05, 0) is 19.1 Å². The number of nitrogens with zero attached hydrogens (tertiary/aromatic N) is 3. The Hall–Kier alpha value is -3.16. The number of ether oxygens (including phenoxy) is 1. The van der Waals surface area contributed by atoms with E-state index in [0.29, 0.717) is 30.4 Å². The Morgan fingerprint density at radius 3 is 2.96 bits per heavy atom. The molecule has 0 spiro atoms. The number of anilines is 1. The molecule has 1 unspecified atom stereocenters. The lowest BCUT2D eigenvalue weighted by molar-refractivity contribution is -0.132. The molecule has 0 saturated carbocycles. The van der Waals surface area contributed by atoms with E-state index >= 15 is 0 Å². The molecule has 2 N–H and O–H groups in total. The van der Waals surface area contributed by atoms with Gasteiger partial charge in [0.15, 0.2) is 0 Å². The smallest absolute Gasteiger partial charge is 0.271 e. The van der Waals surface area contributed by atoms with E-state index in [0.717, 1.165) is 5.56 Å². The van der Waals surface area contributed by atoms with E-state index < -0.39 is 0 Å². The molecule has 1 saturated heterocycles. The minimum absolute atomic E-state index is 0.0385. The van der Waals surface area contributed by atoms with Crippen molar-refractivity contribution in [3.63, 3.8) is 0 Å². The van der Waals surface area contributed by atoms with Crippen LogP contribution < -0.4 is 15.6 Å². The number of aromatic nitrogens is 3. The summed E-state index contributed by atoms with van der Waals surface area (Å²) in [6.07, 6.45) is 6.03. The number of carbonyl (C=O) groups is 1. The third-order valence-corrected chi connectivity index (χ3v) is 4.51. The van der Waals surface area contributed by atoms with Gasteiger partial charge in [0.25, 0.3) is 5.56 Å². The molecule has 136 valence electrons. The van der Waals surface area contributed by atoms with Crippen LogP contribution in [0.15, 0.2) is 42.1 Å². The molecule has 1 fully saturated rings. The van der Waals surface area contributed by atoms with E-state index in [1.807, 2.05) is 6.92 Å². The largest absolute Gasteiger partial charge is 0.480 e. The Morgan fingerprint density at radius 1 is 1.50 bits per heavy atom. The zero-order valence-corrected chi connectivity index (χ0v) is 14.7. The predicted molar refractivity (Wildman–Crippen MR) is 98.0 cm³/mol. The fourth-order valence-corrected chi connectivity index (χ4v) is 2.83. The van der Waals surface area contributed by atoms with Crippen LogP contribution >= 0.6 is 0 Å². The molecule has 1 aliphatic rings. The molecule has 0 radical (unpaired) electrons.